The number of ether oxygens (including phenoxy) is 1. The van der Waals surface area contributed by atoms with Crippen molar-refractivity contribution in [2.75, 3.05) is 18.0 Å². The summed E-state index contributed by atoms with van der Waals surface area (Å²) in [7, 11) is 0. The van der Waals surface area contributed by atoms with Crippen molar-refractivity contribution < 1.29 is 13.9 Å². The lowest BCUT2D eigenvalue weighted by molar-refractivity contribution is -0.0349. The zero-order valence-electron chi connectivity index (χ0n) is 16.6. The van der Waals surface area contributed by atoms with Crippen LogP contribution >= 0.6 is 27.5 Å². The lowest BCUT2D eigenvalue weighted by Crippen LogP contribution is -2.57. The molecule has 0 N–H and O–H groups in total. The third kappa shape index (κ3) is 3.62. The second-order valence-corrected chi connectivity index (χ2v) is 10.7. The number of anilines is 1. The number of hydrogen-bond acceptors (Lipinski definition) is 3. The fourth-order valence-corrected chi connectivity index (χ4v) is 6.11. The van der Waals surface area contributed by atoms with E-state index < -0.39 is 17.3 Å². The molecule has 3 aliphatic rings. The Balaban J connectivity index is 1.62. The Bertz CT molecular complexity index is 791. The average molecular weight is 474 g/mol. The van der Waals surface area contributed by atoms with Crippen LogP contribution in [0.2, 0.25) is 5.02 Å². The average Bonchev–Trinajstić information content (AvgIpc) is 2.92. The molecule has 0 radical (unpaired) electrons. The number of carbonyl (C=O) groups excluding carboxylic acids is 1. The van der Waals surface area contributed by atoms with Crippen LogP contribution in [0.3, 0.4) is 0 Å². The number of fused-ring (bicyclic) bond motifs is 1. The number of carbonyl (C=O) groups is 1. The van der Waals surface area contributed by atoms with E-state index in [4.69, 9.17) is 16.3 Å². The van der Waals surface area contributed by atoms with Crippen molar-refractivity contribution in [2.24, 2.45) is 0 Å². The van der Waals surface area contributed by atoms with Crippen molar-refractivity contribution in [1.82, 2.24) is 4.90 Å². The third-order valence-corrected chi connectivity index (χ3v) is 6.90. The summed E-state index contributed by atoms with van der Waals surface area (Å²) in [6.45, 7) is 7.09. The fraction of sp³-hybridized carbons (Fsp3) is 0.667. The Morgan fingerprint density at radius 3 is 2.68 bits per heavy atom. The maximum absolute atomic E-state index is 13.9. The summed E-state index contributed by atoms with van der Waals surface area (Å²) in [5.74, 6) is 0. The summed E-state index contributed by atoms with van der Waals surface area (Å²) in [4.78, 5) is 17.1. The molecule has 1 aromatic carbocycles. The van der Waals surface area contributed by atoms with E-state index in [0.717, 1.165) is 41.0 Å². The SMILES string of the molecule is CC(C)(C)OC(=O)N1CC(N2CCCc3cc(Cl)cc(Br)c32)CC12CC(F)C2. The van der Waals surface area contributed by atoms with Gasteiger partial charge in [-0.25, -0.2) is 9.18 Å². The van der Waals surface area contributed by atoms with Crippen LogP contribution in [0.1, 0.15) is 52.0 Å². The minimum absolute atomic E-state index is 0.150. The molecule has 7 heteroatoms. The molecule has 2 aliphatic heterocycles. The summed E-state index contributed by atoms with van der Waals surface area (Å²) in [6, 6.07) is 4.11. The lowest BCUT2D eigenvalue weighted by atomic mass is 9.72. The molecule has 2 fully saturated rings. The zero-order valence-corrected chi connectivity index (χ0v) is 18.9. The van der Waals surface area contributed by atoms with Crippen LogP contribution in [0.4, 0.5) is 14.9 Å². The van der Waals surface area contributed by atoms with Crippen molar-refractivity contribution in [1.29, 1.82) is 0 Å². The van der Waals surface area contributed by atoms with Crippen LogP contribution in [-0.2, 0) is 11.2 Å². The summed E-state index contributed by atoms with van der Waals surface area (Å²) in [6.07, 6.45) is 2.47. The van der Waals surface area contributed by atoms with Crippen LogP contribution in [0.5, 0.6) is 0 Å². The Morgan fingerprint density at radius 2 is 2.04 bits per heavy atom. The number of alkyl halides is 1. The number of rotatable bonds is 1. The van der Waals surface area contributed by atoms with Gasteiger partial charge in [-0.2, -0.15) is 0 Å². The van der Waals surface area contributed by atoms with Crippen LogP contribution in [0, 0.1) is 0 Å². The third-order valence-electron chi connectivity index (χ3n) is 6.08. The molecule has 1 aliphatic carbocycles. The molecular weight excluding hydrogens is 447 g/mol. The van der Waals surface area contributed by atoms with Gasteiger partial charge < -0.3 is 14.5 Å². The van der Waals surface area contributed by atoms with Gasteiger partial charge in [0.1, 0.15) is 11.8 Å². The number of amides is 1. The van der Waals surface area contributed by atoms with Crippen LogP contribution in [-0.4, -0.2) is 47.4 Å². The number of likely N-dealkylation sites (tertiary alicyclic amines) is 1. The maximum atomic E-state index is 13.9. The van der Waals surface area contributed by atoms with E-state index in [-0.39, 0.29) is 12.1 Å². The number of benzene rings is 1. The van der Waals surface area contributed by atoms with Gasteiger partial charge in [0, 0.05) is 41.5 Å². The first-order chi connectivity index (χ1) is 13.1. The number of halogens is 3. The molecule has 1 atom stereocenters. The highest BCUT2D eigenvalue weighted by molar-refractivity contribution is 9.10. The lowest BCUT2D eigenvalue weighted by Gasteiger charge is -2.47. The van der Waals surface area contributed by atoms with E-state index in [1.807, 2.05) is 32.9 Å². The fourth-order valence-electron chi connectivity index (χ4n) is 5.01. The Labute approximate surface area is 179 Å². The Hall–Kier alpha value is -1.01. The molecular formula is C21H27BrClFN2O2. The van der Waals surface area contributed by atoms with Crippen LogP contribution in [0.15, 0.2) is 16.6 Å². The van der Waals surface area contributed by atoms with Crippen LogP contribution < -0.4 is 4.90 Å². The predicted molar refractivity (Wildman–Crippen MR) is 113 cm³/mol. The summed E-state index contributed by atoms with van der Waals surface area (Å²) in [5, 5.41) is 0.727. The molecule has 1 amide bonds. The molecule has 0 bridgehead atoms. The van der Waals surface area contributed by atoms with Gasteiger partial charge in [-0.3, -0.25) is 0 Å². The van der Waals surface area contributed by atoms with E-state index >= 15 is 0 Å². The van der Waals surface area contributed by atoms with Gasteiger partial charge in [0.2, 0.25) is 0 Å². The van der Waals surface area contributed by atoms with E-state index in [1.54, 1.807) is 4.90 Å². The first-order valence-corrected chi connectivity index (χ1v) is 11.1. The highest BCUT2D eigenvalue weighted by atomic mass is 79.9. The van der Waals surface area contributed by atoms with E-state index in [0.29, 0.717) is 19.4 Å². The molecule has 0 aromatic heterocycles. The van der Waals surface area contributed by atoms with Gasteiger partial charge in [0.25, 0.3) is 0 Å². The smallest absolute Gasteiger partial charge is 0.410 e. The van der Waals surface area contributed by atoms with E-state index in [9.17, 15) is 9.18 Å². The number of hydrogen-bond donors (Lipinski definition) is 0. The molecule has 28 heavy (non-hydrogen) atoms. The highest BCUT2D eigenvalue weighted by Crippen LogP contribution is 2.50. The van der Waals surface area contributed by atoms with Gasteiger partial charge >= 0.3 is 6.09 Å². The van der Waals surface area contributed by atoms with Crippen molar-refractivity contribution in [3.8, 4) is 0 Å². The maximum Gasteiger partial charge on any atom is 0.410 e. The van der Waals surface area contributed by atoms with E-state index in [2.05, 4.69) is 20.8 Å². The first kappa shape index (κ1) is 20.3. The predicted octanol–water partition coefficient (Wildman–Crippen LogP) is 5.74. The van der Waals surface area contributed by atoms with E-state index in [1.165, 1.54) is 5.56 Å². The van der Waals surface area contributed by atoms with Gasteiger partial charge in [0.05, 0.1) is 11.2 Å². The number of aryl methyl sites for hydroxylation is 1. The second-order valence-electron chi connectivity index (χ2n) is 9.37. The highest BCUT2D eigenvalue weighted by Gasteiger charge is 2.58. The molecule has 1 spiro atoms. The first-order valence-electron chi connectivity index (χ1n) is 9.97. The second kappa shape index (κ2) is 7.05. The zero-order chi connectivity index (χ0) is 20.3. The quantitative estimate of drug-likeness (QED) is 0.522. The largest absolute Gasteiger partial charge is 0.444 e. The minimum atomic E-state index is -0.831. The minimum Gasteiger partial charge on any atom is -0.444 e. The van der Waals surface area contributed by atoms with Gasteiger partial charge in [-0.15, -0.1) is 0 Å². The molecule has 1 saturated heterocycles. The topological polar surface area (TPSA) is 32.8 Å². The van der Waals surface area contributed by atoms with Gasteiger partial charge in [-0.1, -0.05) is 11.6 Å². The molecule has 1 saturated carbocycles. The normalized spacial score (nSPS) is 29.6. The molecule has 154 valence electrons. The standard InChI is InChI=1S/C21H27BrClFN2O2/c1-20(2,3)28-19(27)26-12-16(11-21(26)9-15(24)10-21)25-6-4-5-13-7-14(23)8-17(22)18(13)25/h7-8,15-16H,4-6,9-12H2,1-3H3. The molecule has 4 nitrogen and oxygen atoms in total. The summed E-state index contributed by atoms with van der Waals surface area (Å²) >= 11 is 9.93. The molecule has 1 unspecified atom stereocenters. The number of nitrogens with zero attached hydrogens (tertiary/aromatic N) is 2. The van der Waals surface area contributed by atoms with Crippen molar-refractivity contribution in [3.63, 3.8) is 0 Å². The van der Waals surface area contributed by atoms with Crippen molar-refractivity contribution >= 4 is 39.3 Å². The summed E-state index contributed by atoms with van der Waals surface area (Å²) < 4.78 is 20.5. The monoisotopic (exact) mass is 472 g/mol. The molecule has 2 heterocycles. The van der Waals surface area contributed by atoms with Crippen molar-refractivity contribution in [2.45, 2.75) is 76.2 Å². The van der Waals surface area contributed by atoms with Crippen LogP contribution in [0.25, 0.3) is 0 Å². The van der Waals surface area contributed by atoms with Crippen molar-refractivity contribution in [3.05, 3.63) is 27.2 Å². The molecule has 4 rings (SSSR count). The van der Waals surface area contributed by atoms with Gasteiger partial charge in [-0.05, 0) is 73.7 Å². The Morgan fingerprint density at radius 1 is 1.32 bits per heavy atom. The van der Waals surface area contributed by atoms with Gasteiger partial charge in [0.15, 0.2) is 0 Å². The summed E-state index contributed by atoms with van der Waals surface area (Å²) in [5.41, 5.74) is 1.42. The molecule has 1 aromatic rings. The Kier molecular flexibility index (Phi) is 5.10.